The van der Waals surface area contributed by atoms with E-state index in [0.29, 0.717) is 0 Å². The zero-order valence-electron chi connectivity index (χ0n) is 39.3. The molecule has 0 aliphatic rings. The van der Waals surface area contributed by atoms with Crippen molar-refractivity contribution in [3.63, 3.8) is 0 Å². The monoisotopic (exact) mass is 876 g/mol. The fourth-order valence-corrected chi connectivity index (χ4v) is 8.55. The Balaban J connectivity index is 0.976. The van der Waals surface area contributed by atoms with Crippen LogP contribution in [0.3, 0.4) is 0 Å². The molecule has 0 atom stereocenters. The van der Waals surface area contributed by atoms with Crippen LogP contribution in [0.5, 0.6) is 0 Å². The van der Waals surface area contributed by atoms with Crippen molar-refractivity contribution in [3.8, 4) is 0 Å². The number of hydrogen-bond acceptors (Lipinski definition) is 2. The fourth-order valence-electron chi connectivity index (χ4n) is 8.55. The summed E-state index contributed by atoms with van der Waals surface area (Å²) in [5.74, 6) is 0. The van der Waals surface area contributed by atoms with Crippen LogP contribution in [-0.2, 0) is 0 Å². The second-order valence-corrected chi connectivity index (χ2v) is 17.3. The lowest BCUT2D eigenvalue weighted by atomic mass is 9.94. The highest BCUT2D eigenvalue weighted by molar-refractivity contribution is 5.85. The molecule has 9 rings (SSSR count). The summed E-state index contributed by atoms with van der Waals surface area (Å²) in [6, 6.07) is 82.4. The summed E-state index contributed by atoms with van der Waals surface area (Å²) in [4.78, 5) is 4.63. The largest absolute Gasteiger partial charge is 0.311 e. The minimum atomic E-state index is 1.07. The van der Waals surface area contributed by atoms with E-state index >= 15 is 0 Å². The standard InChI is InChI=1S/C66H56N2/c1-49-31-37-57(47-51(49)3)65(55-21-9-5-10-22-55)29-17-19-53-33-39-61(40-34-53)67(59-25-13-7-14-26-59)63-43-45-64(46-44-63)68(60-27-15-8-16-28-60)62-41-35-54(36-42-62)20-18-30-66(56-23-11-6-12-24-56)58-38-32-50(2)52(4)48-58/h5-48H,1-4H3. The lowest BCUT2D eigenvalue weighted by Gasteiger charge is -2.28. The molecule has 0 radical (unpaired) electrons. The van der Waals surface area contributed by atoms with Crippen molar-refractivity contribution in [2.24, 2.45) is 0 Å². The number of hydrogen-bond donors (Lipinski definition) is 0. The molecule has 0 amide bonds. The molecule has 330 valence electrons. The maximum Gasteiger partial charge on any atom is 0.0463 e. The summed E-state index contributed by atoms with van der Waals surface area (Å²) in [5.41, 5.74) is 21.2. The van der Waals surface area contributed by atoms with Gasteiger partial charge < -0.3 is 9.80 Å². The van der Waals surface area contributed by atoms with E-state index in [0.717, 1.165) is 45.3 Å². The molecule has 0 aromatic heterocycles. The van der Waals surface area contributed by atoms with Gasteiger partial charge in [-0.2, -0.15) is 0 Å². The maximum absolute atomic E-state index is 2.32. The Morgan fingerprint density at radius 3 is 0.897 bits per heavy atom. The van der Waals surface area contributed by atoms with E-state index in [9.17, 15) is 0 Å². The summed E-state index contributed by atoms with van der Waals surface area (Å²) in [6.07, 6.45) is 13.1. The summed E-state index contributed by atoms with van der Waals surface area (Å²) < 4.78 is 0. The van der Waals surface area contributed by atoms with E-state index in [1.54, 1.807) is 0 Å². The van der Waals surface area contributed by atoms with Crippen molar-refractivity contribution in [2.45, 2.75) is 27.7 Å². The molecule has 9 aromatic carbocycles. The molecular formula is C66H56N2. The molecule has 0 saturated heterocycles. The predicted octanol–water partition coefficient (Wildman–Crippen LogP) is 18.2. The first-order valence-corrected chi connectivity index (χ1v) is 23.4. The number of rotatable bonds is 14. The Morgan fingerprint density at radius 1 is 0.279 bits per heavy atom. The number of para-hydroxylation sites is 2. The smallest absolute Gasteiger partial charge is 0.0463 e. The number of aryl methyl sites for hydroxylation is 4. The second-order valence-electron chi connectivity index (χ2n) is 17.3. The van der Waals surface area contributed by atoms with Gasteiger partial charge in [0.05, 0.1) is 0 Å². The van der Waals surface area contributed by atoms with Gasteiger partial charge in [0, 0.05) is 34.1 Å². The number of anilines is 6. The Kier molecular flexibility index (Phi) is 14.0. The molecule has 0 fully saturated rings. The third-order valence-electron chi connectivity index (χ3n) is 12.6. The van der Waals surface area contributed by atoms with Crippen molar-refractivity contribution in [2.75, 3.05) is 9.80 Å². The molecule has 0 N–H and O–H groups in total. The van der Waals surface area contributed by atoms with Gasteiger partial charge in [-0.1, -0.05) is 194 Å². The van der Waals surface area contributed by atoms with Crippen LogP contribution in [0.4, 0.5) is 34.1 Å². The van der Waals surface area contributed by atoms with Crippen molar-refractivity contribution in [1.82, 2.24) is 0 Å². The predicted molar refractivity (Wildman–Crippen MR) is 293 cm³/mol. The molecule has 2 heteroatoms. The minimum Gasteiger partial charge on any atom is -0.311 e. The molecule has 0 aliphatic heterocycles. The van der Waals surface area contributed by atoms with E-state index in [-0.39, 0.29) is 0 Å². The topological polar surface area (TPSA) is 6.48 Å². The fraction of sp³-hybridized carbons (Fsp3) is 0.0606. The number of nitrogens with zero attached hydrogens (tertiary/aromatic N) is 2. The van der Waals surface area contributed by atoms with Gasteiger partial charge >= 0.3 is 0 Å². The normalized spacial score (nSPS) is 11.9. The Hall–Kier alpha value is -8.46. The van der Waals surface area contributed by atoms with E-state index in [4.69, 9.17) is 0 Å². The summed E-state index contributed by atoms with van der Waals surface area (Å²) in [6.45, 7) is 8.69. The minimum absolute atomic E-state index is 1.07. The van der Waals surface area contributed by atoms with Crippen LogP contribution in [0.1, 0.15) is 55.6 Å². The van der Waals surface area contributed by atoms with Crippen LogP contribution in [0.25, 0.3) is 23.3 Å². The Labute approximate surface area is 403 Å². The Morgan fingerprint density at radius 2 is 0.574 bits per heavy atom. The molecule has 0 saturated carbocycles. The van der Waals surface area contributed by atoms with Gasteiger partial charge in [0.25, 0.3) is 0 Å². The first-order valence-electron chi connectivity index (χ1n) is 23.4. The van der Waals surface area contributed by atoms with Crippen molar-refractivity contribution in [3.05, 3.63) is 310 Å². The molecule has 0 unspecified atom stereocenters. The van der Waals surface area contributed by atoms with Gasteiger partial charge in [0.2, 0.25) is 0 Å². The second kappa shape index (κ2) is 21.2. The van der Waals surface area contributed by atoms with Gasteiger partial charge in [-0.25, -0.2) is 0 Å². The molecule has 68 heavy (non-hydrogen) atoms. The van der Waals surface area contributed by atoms with E-state index in [1.807, 2.05) is 0 Å². The van der Waals surface area contributed by atoms with E-state index in [1.165, 1.54) is 55.7 Å². The molecular weight excluding hydrogens is 821 g/mol. The van der Waals surface area contributed by atoms with Crippen molar-refractivity contribution in [1.29, 1.82) is 0 Å². The van der Waals surface area contributed by atoms with Gasteiger partial charge in [-0.3, -0.25) is 0 Å². The molecule has 0 heterocycles. The highest BCUT2D eigenvalue weighted by atomic mass is 15.2. The average molecular weight is 877 g/mol. The highest BCUT2D eigenvalue weighted by Crippen LogP contribution is 2.39. The van der Waals surface area contributed by atoms with Crippen molar-refractivity contribution >= 4 is 57.4 Å². The zero-order chi connectivity index (χ0) is 46.7. The molecule has 0 bridgehead atoms. The van der Waals surface area contributed by atoms with Gasteiger partial charge in [-0.15, -0.1) is 0 Å². The molecule has 2 nitrogen and oxygen atoms in total. The SMILES string of the molecule is Cc1ccc(C(=CC=Cc2ccc(N(c3ccccc3)c3ccc(N(c4ccccc4)c4ccc(C=CC=C(c5ccccc5)c5ccc(C)c(C)c5)cc4)cc3)cc2)c2ccccc2)cc1C. The van der Waals surface area contributed by atoms with E-state index in [2.05, 4.69) is 304 Å². The van der Waals surface area contributed by atoms with Crippen LogP contribution in [0, 0.1) is 27.7 Å². The van der Waals surface area contributed by atoms with E-state index < -0.39 is 0 Å². The van der Waals surface area contributed by atoms with Gasteiger partial charge in [-0.05, 0) is 167 Å². The number of benzene rings is 9. The van der Waals surface area contributed by atoms with Gasteiger partial charge in [0.15, 0.2) is 0 Å². The quantitative estimate of drug-likeness (QED) is 0.100. The highest BCUT2D eigenvalue weighted by Gasteiger charge is 2.16. The van der Waals surface area contributed by atoms with Crippen LogP contribution >= 0.6 is 0 Å². The lowest BCUT2D eigenvalue weighted by molar-refractivity contribution is 1.25. The van der Waals surface area contributed by atoms with Crippen LogP contribution in [-0.4, -0.2) is 0 Å². The Bertz CT molecular complexity index is 2980. The molecule has 0 spiro atoms. The van der Waals surface area contributed by atoms with Crippen LogP contribution in [0.15, 0.2) is 255 Å². The molecule has 0 aliphatic carbocycles. The maximum atomic E-state index is 2.32. The number of allylic oxidation sites excluding steroid dienone is 4. The first kappa shape index (κ1) is 44.7. The average Bonchev–Trinajstić information content (AvgIpc) is 3.39. The summed E-state index contributed by atoms with van der Waals surface area (Å²) in [7, 11) is 0. The van der Waals surface area contributed by atoms with Gasteiger partial charge in [0.1, 0.15) is 0 Å². The first-order chi connectivity index (χ1) is 33.4. The lowest BCUT2D eigenvalue weighted by Crippen LogP contribution is -2.12. The third-order valence-corrected chi connectivity index (χ3v) is 12.6. The summed E-state index contributed by atoms with van der Waals surface area (Å²) >= 11 is 0. The van der Waals surface area contributed by atoms with Crippen molar-refractivity contribution < 1.29 is 0 Å². The van der Waals surface area contributed by atoms with Crippen LogP contribution < -0.4 is 9.80 Å². The van der Waals surface area contributed by atoms with Crippen LogP contribution in [0.2, 0.25) is 0 Å². The molecule has 9 aromatic rings. The zero-order valence-corrected chi connectivity index (χ0v) is 39.3. The third kappa shape index (κ3) is 10.6. The summed E-state index contributed by atoms with van der Waals surface area (Å²) in [5, 5.41) is 0.